The molecule has 0 aromatic heterocycles. The van der Waals surface area contributed by atoms with Crippen LogP contribution in [-0.2, 0) is 4.79 Å². The molecular formula is C23H25ClN2O. The highest BCUT2D eigenvalue weighted by molar-refractivity contribution is 6.31. The Hall–Kier alpha value is -2.26. The van der Waals surface area contributed by atoms with Gasteiger partial charge < -0.3 is 10.6 Å². The predicted molar refractivity (Wildman–Crippen MR) is 112 cm³/mol. The van der Waals surface area contributed by atoms with Crippen LogP contribution in [0.15, 0.2) is 47.7 Å². The second-order valence-electron chi connectivity index (χ2n) is 8.54. The number of halogens is 1. The van der Waals surface area contributed by atoms with Crippen molar-refractivity contribution in [3.63, 3.8) is 0 Å². The third kappa shape index (κ3) is 3.25. The molecule has 0 saturated carbocycles. The van der Waals surface area contributed by atoms with E-state index in [4.69, 9.17) is 11.6 Å². The number of hydrogen-bond donors (Lipinski definition) is 2. The predicted octanol–water partition coefficient (Wildman–Crippen LogP) is 6.18. The van der Waals surface area contributed by atoms with Gasteiger partial charge in [0.15, 0.2) is 5.78 Å². The van der Waals surface area contributed by atoms with Gasteiger partial charge in [-0.05, 0) is 60.6 Å². The molecule has 4 rings (SSSR count). The zero-order valence-corrected chi connectivity index (χ0v) is 17.0. The molecule has 0 unspecified atom stereocenters. The average molecular weight is 381 g/mol. The second-order valence-corrected chi connectivity index (χ2v) is 8.95. The highest BCUT2D eigenvalue weighted by Gasteiger charge is 2.39. The van der Waals surface area contributed by atoms with Crippen LogP contribution in [0.5, 0.6) is 0 Å². The molecule has 0 bridgehead atoms. The molecule has 140 valence electrons. The van der Waals surface area contributed by atoms with E-state index in [1.165, 1.54) is 11.1 Å². The van der Waals surface area contributed by atoms with Crippen LogP contribution in [-0.4, -0.2) is 5.78 Å². The number of hydrogen-bond acceptors (Lipinski definition) is 3. The molecule has 0 radical (unpaired) electrons. The Morgan fingerprint density at radius 2 is 1.70 bits per heavy atom. The number of anilines is 2. The van der Waals surface area contributed by atoms with Crippen molar-refractivity contribution >= 4 is 28.8 Å². The third-order valence-electron chi connectivity index (χ3n) is 5.64. The maximum absolute atomic E-state index is 13.2. The van der Waals surface area contributed by atoms with Crippen LogP contribution in [0.4, 0.5) is 11.4 Å². The lowest BCUT2D eigenvalue weighted by Crippen LogP contribution is -2.31. The normalized spacial score (nSPS) is 20.9. The molecule has 1 aliphatic heterocycles. The van der Waals surface area contributed by atoms with E-state index >= 15 is 0 Å². The quantitative estimate of drug-likeness (QED) is 0.620. The van der Waals surface area contributed by atoms with Gasteiger partial charge in [0.1, 0.15) is 0 Å². The van der Waals surface area contributed by atoms with Crippen molar-refractivity contribution in [2.75, 3.05) is 10.6 Å². The Kier molecular flexibility index (Phi) is 4.31. The molecule has 1 aliphatic carbocycles. The summed E-state index contributed by atoms with van der Waals surface area (Å²) in [5, 5.41) is 7.88. The molecule has 27 heavy (non-hydrogen) atoms. The summed E-state index contributed by atoms with van der Waals surface area (Å²) >= 11 is 6.54. The highest BCUT2D eigenvalue weighted by Crippen LogP contribution is 2.46. The van der Waals surface area contributed by atoms with Gasteiger partial charge in [-0.15, -0.1) is 0 Å². The average Bonchev–Trinajstić information content (AvgIpc) is 2.71. The number of allylic oxidation sites excluding steroid dienone is 1. The van der Waals surface area contributed by atoms with E-state index in [0.717, 1.165) is 34.6 Å². The van der Waals surface area contributed by atoms with Crippen molar-refractivity contribution in [2.45, 2.75) is 46.6 Å². The molecule has 0 saturated heterocycles. The van der Waals surface area contributed by atoms with Crippen molar-refractivity contribution < 1.29 is 4.79 Å². The maximum atomic E-state index is 13.2. The number of benzene rings is 2. The zero-order valence-electron chi connectivity index (χ0n) is 16.2. The summed E-state index contributed by atoms with van der Waals surface area (Å²) in [7, 11) is 0. The lowest BCUT2D eigenvalue weighted by Gasteiger charge is -2.34. The Balaban J connectivity index is 1.93. The van der Waals surface area contributed by atoms with Crippen LogP contribution in [0.3, 0.4) is 0 Å². The van der Waals surface area contributed by atoms with Crippen molar-refractivity contribution in [2.24, 2.45) is 5.41 Å². The first-order valence-corrected chi connectivity index (χ1v) is 9.78. The van der Waals surface area contributed by atoms with E-state index in [0.29, 0.717) is 11.4 Å². The summed E-state index contributed by atoms with van der Waals surface area (Å²) in [4.78, 5) is 13.2. The highest BCUT2D eigenvalue weighted by atomic mass is 35.5. The lowest BCUT2D eigenvalue weighted by atomic mass is 9.73. The van der Waals surface area contributed by atoms with Gasteiger partial charge in [-0.25, -0.2) is 0 Å². The van der Waals surface area contributed by atoms with Crippen molar-refractivity contribution in [3.05, 3.63) is 69.4 Å². The molecule has 2 aromatic carbocycles. The zero-order chi connectivity index (χ0) is 19.3. The van der Waals surface area contributed by atoms with Crippen molar-refractivity contribution in [1.29, 1.82) is 0 Å². The third-order valence-corrected chi connectivity index (χ3v) is 5.99. The fraction of sp³-hybridized carbons (Fsp3) is 0.348. The largest absolute Gasteiger partial charge is 0.372 e. The minimum Gasteiger partial charge on any atom is -0.372 e. The second kappa shape index (κ2) is 6.42. The molecule has 2 aromatic rings. The smallest absolute Gasteiger partial charge is 0.163 e. The maximum Gasteiger partial charge on any atom is 0.163 e. The first kappa shape index (κ1) is 18.1. The first-order chi connectivity index (χ1) is 12.7. The van der Waals surface area contributed by atoms with Crippen LogP contribution < -0.4 is 10.6 Å². The molecule has 2 aliphatic rings. The van der Waals surface area contributed by atoms with Crippen LogP contribution in [0.2, 0.25) is 5.02 Å². The van der Waals surface area contributed by atoms with E-state index in [2.05, 4.69) is 50.5 Å². The van der Waals surface area contributed by atoms with Crippen molar-refractivity contribution in [3.8, 4) is 0 Å². The van der Waals surface area contributed by atoms with Crippen LogP contribution in [0.25, 0.3) is 0 Å². The Morgan fingerprint density at radius 3 is 2.41 bits per heavy atom. The van der Waals surface area contributed by atoms with Gasteiger partial charge in [-0.2, -0.15) is 0 Å². The molecule has 0 fully saturated rings. The monoisotopic (exact) mass is 380 g/mol. The number of carbonyl (C=O) groups is 1. The van der Waals surface area contributed by atoms with Gasteiger partial charge in [-0.3, -0.25) is 4.79 Å². The van der Waals surface area contributed by atoms with Gasteiger partial charge in [0.25, 0.3) is 0 Å². The first-order valence-electron chi connectivity index (χ1n) is 9.41. The molecule has 1 atom stereocenters. The van der Waals surface area contributed by atoms with E-state index in [1.54, 1.807) is 0 Å². The fourth-order valence-corrected chi connectivity index (χ4v) is 4.40. The van der Waals surface area contributed by atoms with Crippen LogP contribution >= 0.6 is 11.6 Å². The van der Waals surface area contributed by atoms with Gasteiger partial charge in [-0.1, -0.05) is 43.6 Å². The van der Waals surface area contributed by atoms with Gasteiger partial charge >= 0.3 is 0 Å². The summed E-state index contributed by atoms with van der Waals surface area (Å²) < 4.78 is 0. The van der Waals surface area contributed by atoms with Crippen LogP contribution in [0, 0.1) is 19.3 Å². The number of fused-ring (bicyclic) bond motifs is 1. The van der Waals surface area contributed by atoms with Gasteiger partial charge in [0.05, 0.1) is 17.4 Å². The number of ketones is 1. The number of aryl methyl sites for hydroxylation is 2. The summed E-state index contributed by atoms with van der Waals surface area (Å²) in [6.07, 6.45) is 1.38. The van der Waals surface area contributed by atoms with Crippen molar-refractivity contribution in [1.82, 2.24) is 0 Å². The minimum absolute atomic E-state index is 0.0573. The number of rotatable bonds is 1. The molecule has 0 spiro atoms. The minimum atomic E-state index is -0.256. The van der Waals surface area contributed by atoms with E-state index in [1.807, 2.05) is 24.3 Å². The van der Waals surface area contributed by atoms with Crippen LogP contribution in [0.1, 0.15) is 49.4 Å². The summed E-state index contributed by atoms with van der Waals surface area (Å²) in [6, 6.07) is 11.8. The Morgan fingerprint density at radius 1 is 1.04 bits per heavy atom. The van der Waals surface area contributed by atoms with E-state index < -0.39 is 0 Å². The van der Waals surface area contributed by atoms with E-state index in [9.17, 15) is 4.79 Å². The molecule has 2 N–H and O–H groups in total. The lowest BCUT2D eigenvalue weighted by molar-refractivity contribution is -0.118. The fourth-order valence-electron chi connectivity index (χ4n) is 4.15. The Bertz CT molecular complexity index is 974. The number of carbonyl (C=O) groups excluding carboxylic acids is 1. The SMILES string of the molecule is Cc1cc2c(cc1C)N[C@H](c1ccccc1Cl)C1=C(CC(C)(C)CC1=O)N2. The number of nitrogens with one attached hydrogen (secondary N) is 2. The summed E-state index contributed by atoms with van der Waals surface area (Å²) in [5.74, 6) is 0.187. The number of Topliss-reactive ketones (excluding diaryl/α,β-unsaturated/α-hetero) is 1. The molecule has 3 nitrogen and oxygen atoms in total. The Labute approximate surface area is 165 Å². The summed E-state index contributed by atoms with van der Waals surface area (Å²) in [6.45, 7) is 8.52. The molecule has 4 heteroatoms. The topological polar surface area (TPSA) is 41.1 Å². The van der Waals surface area contributed by atoms with Gasteiger partial charge in [0, 0.05) is 22.7 Å². The molecular weight excluding hydrogens is 356 g/mol. The standard InChI is InChI=1S/C23H25ClN2O/c1-13-9-17-18(10-14(13)2)26-22(15-7-5-6-8-16(15)24)21-19(25-17)11-23(3,4)12-20(21)27/h5-10,22,25-26H,11-12H2,1-4H3/t22-/m1/s1. The summed E-state index contributed by atoms with van der Waals surface area (Å²) in [5.41, 5.74) is 7.17. The molecule has 1 heterocycles. The molecule has 0 amide bonds. The van der Waals surface area contributed by atoms with E-state index in [-0.39, 0.29) is 17.2 Å². The van der Waals surface area contributed by atoms with Gasteiger partial charge in [0.2, 0.25) is 0 Å².